The highest BCUT2D eigenvalue weighted by atomic mass is 16.5. The second-order valence-electron chi connectivity index (χ2n) is 5.78. The molecular weight excluding hydrogens is 252 g/mol. The first kappa shape index (κ1) is 13.6. The first-order valence-corrected chi connectivity index (χ1v) is 7.46. The number of hydrogen-bond acceptors (Lipinski definition) is 3. The summed E-state index contributed by atoms with van der Waals surface area (Å²) in [5.41, 5.74) is 7.02. The van der Waals surface area contributed by atoms with Crippen molar-refractivity contribution in [2.75, 3.05) is 19.7 Å². The molecule has 3 atom stereocenters. The van der Waals surface area contributed by atoms with E-state index in [2.05, 4.69) is 0 Å². The Kier molecular flexibility index (Phi) is 4.03. The summed E-state index contributed by atoms with van der Waals surface area (Å²) >= 11 is 0. The predicted molar refractivity (Wildman–Crippen MR) is 77.0 cm³/mol. The minimum Gasteiger partial charge on any atom is -0.373 e. The Balaban J connectivity index is 1.77. The summed E-state index contributed by atoms with van der Waals surface area (Å²) < 4.78 is 5.91. The van der Waals surface area contributed by atoms with Crippen LogP contribution in [0, 0.1) is 5.92 Å². The minimum absolute atomic E-state index is 0.0588. The van der Waals surface area contributed by atoms with Gasteiger partial charge in [-0.1, -0.05) is 30.3 Å². The second-order valence-corrected chi connectivity index (χ2v) is 5.78. The van der Waals surface area contributed by atoms with Gasteiger partial charge < -0.3 is 15.4 Å². The van der Waals surface area contributed by atoms with Gasteiger partial charge in [0.15, 0.2) is 0 Å². The van der Waals surface area contributed by atoms with Crippen LogP contribution in [0.3, 0.4) is 0 Å². The van der Waals surface area contributed by atoms with Gasteiger partial charge in [-0.3, -0.25) is 4.79 Å². The molecule has 2 unspecified atom stereocenters. The maximum atomic E-state index is 12.7. The number of hydrogen-bond donors (Lipinski definition) is 1. The molecule has 2 aliphatic rings. The normalized spacial score (nSPS) is 30.4. The summed E-state index contributed by atoms with van der Waals surface area (Å²) in [7, 11) is 0. The molecule has 0 aromatic heterocycles. The Labute approximate surface area is 119 Å². The van der Waals surface area contributed by atoms with Gasteiger partial charge in [-0.15, -0.1) is 0 Å². The number of ether oxygens (including phenoxy) is 1. The summed E-state index contributed by atoms with van der Waals surface area (Å²) in [5.74, 6) is 0.156. The van der Waals surface area contributed by atoms with Gasteiger partial charge in [0.25, 0.3) is 0 Å². The maximum Gasteiger partial charge on any atom is 0.228 e. The van der Waals surface area contributed by atoms with Crippen molar-refractivity contribution in [3.8, 4) is 0 Å². The molecule has 4 nitrogen and oxygen atoms in total. The van der Waals surface area contributed by atoms with Gasteiger partial charge in [-0.2, -0.15) is 0 Å². The van der Waals surface area contributed by atoms with Crippen LogP contribution in [0.1, 0.15) is 30.9 Å². The number of amides is 1. The van der Waals surface area contributed by atoms with E-state index >= 15 is 0 Å². The van der Waals surface area contributed by atoms with E-state index < -0.39 is 0 Å². The SMILES string of the molecule is N[C@H]1CCN(C(=O)C2CCCOC2c2ccccc2)C1. The Bertz CT molecular complexity index is 463. The molecule has 108 valence electrons. The van der Waals surface area contributed by atoms with Crippen molar-refractivity contribution in [1.82, 2.24) is 4.90 Å². The molecule has 4 heteroatoms. The molecule has 1 aromatic rings. The molecule has 1 aromatic carbocycles. The number of nitrogens with zero attached hydrogens (tertiary/aromatic N) is 1. The monoisotopic (exact) mass is 274 g/mol. The summed E-state index contributed by atoms with van der Waals surface area (Å²) in [6, 6.07) is 10.2. The molecule has 3 rings (SSSR count). The summed E-state index contributed by atoms with van der Waals surface area (Å²) in [4.78, 5) is 14.6. The lowest BCUT2D eigenvalue weighted by atomic mass is 9.88. The zero-order valence-electron chi connectivity index (χ0n) is 11.7. The van der Waals surface area contributed by atoms with Gasteiger partial charge >= 0.3 is 0 Å². The Morgan fingerprint density at radius 1 is 1.25 bits per heavy atom. The number of rotatable bonds is 2. The van der Waals surface area contributed by atoms with Crippen molar-refractivity contribution < 1.29 is 9.53 Å². The molecule has 2 fully saturated rings. The van der Waals surface area contributed by atoms with E-state index in [9.17, 15) is 4.79 Å². The largest absolute Gasteiger partial charge is 0.373 e. The molecule has 0 aliphatic carbocycles. The van der Waals surface area contributed by atoms with Crippen LogP contribution in [0.2, 0.25) is 0 Å². The van der Waals surface area contributed by atoms with Crippen molar-refractivity contribution in [2.24, 2.45) is 11.7 Å². The van der Waals surface area contributed by atoms with Crippen LogP contribution >= 0.6 is 0 Å². The first-order chi connectivity index (χ1) is 9.75. The second kappa shape index (κ2) is 5.94. The lowest BCUT2D eigenvalue weighted by Crippen LogP contribution is -2.40. The van der Waals surface area contributed by atoms with E-state index in [1.807, 2.05) is 35.2 Å². The Morgan fingerprint density at radius 2 is 2.05 bits per heavy atom. The van der Waals surface area contributed by atoms with E-state index in [0.717, 1.165) is 38.0 Å². The topological polar surface area (TPSA) is 55.6 Å². The van der Waals surface area contributed by atoms with Gasteiger partial charge in [0.05, 0.1) is 12.0 Å². The fourth-order valence-electron chi connectivity index (χ4n) is 3.23. The third-order valence-electron chi connectivity index (χ3n) is 4.30. The predicted octanol–water partition coefficient (Wildman–Crippen LogP) is 1.71. The lowest BCUT2D eigenvalue weighted by Gasteiger charge is -2.33. The number of carbonyl (C=O) groups excluding carboxylic acids is 1. The summed E-state index contributed by atoms with van der Waals surface area (Å²) in [6.07, 6.45) is 2.67. The zero-order chi connectivity index (χ0) is 13.9. The fourth-order valence-corrected chi connectivity index (χ4v) is 3.23. The first-order valence-electron chi connectivity index (χ1n) is 7.46. The standard InChI is InChI=1S/C16H22N2O2/c17-13-8-9-18(11-13)16(19)14-7-4-10-20-15(14)12-5-2-1-3-6-12/h1-3,5-6,13-15H,4,7-11,17H2/t13-,14?,15?/m0/s1. The number of carbonyl (C=O) groups is 1. The van der Waals surface area contributed by atoms with E-state index in [4.69, 9.17) is 10.5 Å². The van der Waals surface area contributed by atoms with E-state index in [1.54, 1.807) is 0 Å². The molecule has 0 saturated carbocycles. The zero-order valence-corrected chi connectivity index (χ0v) is 11.7. The van der Waals surface area contributed by atoms with Crippen molar-refractivity contribution >= 4 is 5.91 Å². The molecule has 20 heavy (non-hydrogen) atoms. The Hall–Kier alpha value is -1.39. The smallest absolute Gasteiger partial charge is 0.228 e. The van der Waals surface area contributed by atoms with Gasteiger partial charge in [-0.05, 0) is 24.8 Å². The summed E-state index contributed by atoms with van der Waals surface area (Å²) in [6.45, 7) is 2.22. The van der Waals surface area contributed by atoms with Gasteiger partial charge in [0.1, 0.15) is 0 Å². The van der Waals surface area contributed by atoms with Crippen LogP contribution < -0.4 is 5.73 Å². The number of benzene rings is 1. The maximum absolute atomic E-state index is 12.7. The Morgan fingerprint density at radius 3 is 2.75 bits per heavy atom. The van der Waals surface area contributed by atoms with Crippen molar-refractivity contribution in [3.05, 3.63) is 35.9 Å². The van der Waals surface area contributed by atoms with Crippen LogP contribution in [-0.2, 0) is 9.53 Å². The van der Waals surface area contributed by atoms with Gasteiger partial charge in [0, 0.05) is 25.7 Å². The van der Waals surface area contributed by atoms with Gasteiger partial charge in [-0.25, -0.2) is 0 Å². The molecule has 2 N–H and O–H groups in total. The molecule has 2 saturated heterocycles. The number of nitrogens with two attached hydrogens (primary N) is 1. The van der Waals surface area contributed by atoms with Crippen molar-refractivity contribution in [1.29, 1.82) is 0 Å². The molecule has 0 bridgehead atoms. The molecular formula is C16H22N2O2. The molecule has 2 aliphatic heterocycles. The highest BCUT2D eigenvalue weighted by Crippen LogP contribution is 2.35. The van der Waals surface area contributed by atoms with E-state index in [-0.39, 0.29) is 24.0 Å². The van der Waals surface area contributed by atoms with E-state index in [1.165, 1.54) is 0 Å². The highest BCUT2D eigenvalue weighted by Gasteiger charge is 2.37. The van der Waals surface area contributed by atoms with Crippen LogP contribution in [0.5, 0.6) is 0 Å². The van der Waals surface area contributed by atoms with Crippen LogP contribution in [0.15, 0.2) is 30.3 Å². The van der Waals surface area contributed by atoms with Crippen molar-refractivity contribution in [2.45, 2.75) is 31.4 Å². The molecule has 0 spiro atoms. The average molecular weight is 274 g/mol. The van der Waals surface area contributed by atoms with Crippen LogP contribution in [0.4, 0.5) is 0 Å². The number of likely N-dealkylation sites (tertiary alicyclic amines) is 1. The lowest BCUT2D eigenvalue weighted by molar-refractivity contribution is -0.144. The van der Waals surface area contributed by atoms with Crippen LogP contribution in [-0.4, -0.2) is 36.5 Å². The fraction of sp³-hybridized carbons (Fsp3) is 0.562. The van der Waals surface area contributed by atoms with E-state index in [0.29, 0.717) is 6.54 Å². The third kappa shape index (κ3) is 2.72. The summed E-state index contributed by atoms with van der Waals surface area (Å²) in [5, 5.41) is 0. The average Bonchev–Trinajstić information content (AvgIpc) is 2.94. The molecule has 1 amide bonds. The van der Waals surface area contributed by atoms with Crippen LogP contribution in [0.25, 0.3) is 0 Å². The van der Waals surface area contributed by atoms with Crippen molar-refractivity contribution in [3.63, 3.8) is 0 Å². The highest BCUT2D eigenvalue weighted by molar-refractivity contribution is 5.80. The third-order valence-corrected chi connectivity index (χ3v) is 4.30. The molecule has 0 radical (unpaired) electrons. The molecule has 2 heterocycles. The minimum atomic E-state index is -0.103. The quantitative estimate of drug-likeness (QED) is 0.893. The van der Waals surface area contributed by atoms with Gasteiger partial charge in [0.2, 0.25) is 5.91 Å².